The van der Waals surface area contributed by atoms with Crippen molar-refractivity contribution in [3.05, 3.63) is 30.1 Å². The fourth-order valence-corrected chi connectivity index (χ4v) is 2.60. The molecule has 2 amide bonds. The third-order valence-corrected chi connectivity index (χ3v) is 3.64. The molecule has 2 rings (SSSR count). The van der Waals surface area contributed by atoms with E-state index in [1.165, 1.54) is 37.1 Å². The number of carbonyl (C=O) groups excluding carboxylic acids is 1. The third kappa shape index (κ3) is 3.92. The summed E-state index contributed by atoms with van der Waals surface area (Å²) in [5.74, 6) is 0.153. The van der Waals surface area contributed by atoms with Gasteiger partial charge in [-0.1, -0.05) is 12.8 Å². The van der Waals surface area contributed by atoms with Crippen molar-refractivity contribution >= 4 is 11.7 Å². The van der Waals surface area contributed by atoms with Crippen molar-refractivity contribution in [1.29, 1.82) is 0 Å². The predicted octanol–water partition coefficient (Wildman–Crippen LogP) is 2.46. The lowest BCUT2D eigenvalue weighted by Crippen LogP contribution is -2.46. The normalized spacial score (nSPS) is 17.2. The molecule has 104 valence electrons. The van der Waals surface area contributed by atoms with E-state index < -0.39 is 0 Å². The summed E-state index contributed by atoms with van der Waals surface area (Å²) in [4.78, 5) is 11.9. The van der Waals surface area contributed by atoms with Gasteiger partial charge in [0.25, 0.3) is 0 Å². The molecule has 0 aromatic heterocycles. The summed E-state index contributed by atoms with van der Waals surface area (Å²) in [6.45, 7) is 0.446. The Morgan fingerprint density at radius 3 is 2.53 bits per heavy atom. The smallest absolute Gasteiger partial charge is 0.319 e. The summed E-state index contributed by atoms with van der Waals surface area (Å²) >= 11 is 0. The zero-order valence-electron chi connectivity index (χ0n) is 10.9. The number of nitrogens with two attached hydrogens (primary N) is 1. The standard InChI is InChI=1S/C14H20FN3O/c15-11-5-7-12(8-6-11)17-14(19)18-13(9-16)10-3-1-2-4-10/h5-8,10,13H,1-4,9,16H2,(H2,17,18,19). The number of amides is 2. The molecule has 4 N–H and O–H groups in total. The van der Waals surface area contributed by atoms with E-state index in [2.05, 4.69) is 10.6 Å². The van der Waals surface area contributed by atoms with Crippen LogP contribution in [0.3, 0.4) is 0 Å². The van der Waals surface area contributed by atoms with Crippen molar-refractivity contribution in [2.24, 2.45) is 11.7 Å². The van der Waals surface area contributed by atoms with E-state index in [0.29, 0.717) is 18.2 Å². The van der Waals surface area contributed by atoms with Crippen LogP contribution in [0.1, 0.15) is 25.7 Å². The maximum absolute atomic E-state index is 12.7. The van der Waals surface area contributed by atoms with Crippen molar-refractivity contribution in [3.8, 4) is 0 Å². The fraction of sp³-hybridized carbons (Fsp3) is 0.500. The molecule has 1 aliphatic carbocycles. The number of halogens is 1. The molecule has 1 fully saturated rings. The van der Waals surface area contributed by atoms with Crippen LogP contribution < -0.4 is 16.4 Å². The van der Waals surface area contributed by atoms with E-state index in [4.69, 9.17) is 5.73 Å². The van der Waals surface area contributed by atoms with Gasteiger partial charge in [0.2, 0.25) is 0 Å². The molecule has 0 heterocycles. The van der Waals surface area contributed by atoms with Crippen LogP contribution >= 0.6 is 0 Å². The first-order valence-electron chi connectivity index (χ1n) is 6.72. The first kappa shape index (κ1) is 13.8. The average Bonchev–Trinajstić information content (AvgIpc) is 2.92. The average molecular weight is 265 g/mol. The molecule has 0 bridgehead atoms. The van der Waals surface area contributed by atoms with E-state index in [1.807, 2.05) is 0 Å². The van der Waals surface area contributed by atoms with Crippen LogP contribution in [0.4, 0.5) is 14.9 Å². The van der Waals surface area contributed by atoms with Crippen LogP contribution in [0.2, 0.25) is 0 Å². The minimum Gasteiger partial charge on any atom is -0.334 e. The van der Waals surface area contributed by atoms with Crippen LogP contribution in [0.15, 0.2) is 24.3 Å². The van der Waals surface area contributed by atoms with Crippen LogP contribution in [-0.4, -0.2) is 18.6 Å². The highest BCUT2D eigenvalue weighted by atomic mass is 19.1. The van der Waals surface area contributed by atoms with Crippen LogP contribution in [0, 0.1) is 11.7 Å². The number of hydrogen-bond acceptors (Lipinski definition) is 2. The van der Waals surface area contributed by atoms with Gasteiger partial charge in [0.05, 0.1) is 0 Å². The first-order valence-corrected chi connectivity index (χ1v) is 6.72. The van der Waals surface area contributed by atoms with Gasteiger partial charge in [0.1, 0.15) is 5.82 Å². The van der Waals surface area contributed by atoms with Crippen molar-refractivity contribution in [2.45, 2.75) is 31.7 Å². The molecule has 1 unspecified atom stereocenters. The second kappa shape index (κ2) is 6.52. The molecule has 19 heavy (non-hydrogen) atoms. The van der Waals surface area contributed by atoms with Gasteiger partial charge in [-0.25, -0.2) is 9.18 Å². The van der Waals surface area contributed by atoms with Crippen molar-refractivity contribution in [1.82, 2.24) is 5.32 Å². The van der Waals surface area contributed by atoms with Gasteiger partial charge in [-0.2, -0.15) is 0 Å². The van der Waals surface area contributed by atoms with E-state index in [0.717, 1.165) is 12.8 Å². The largest absolute Gasteiger partial charge is 0.334 e. The lowest BCUT2D eigenvalue weighted by atomic mass is 9.98. The summed E-state index contributed by atoms with van der Waals surface area (Å²) in [5.41, 5.74) is 6.29. The Labute approximate surface area is 112 Å². The van der Waals surface area contributed by atoms with E-state index in [9.17, 15) is 9.18 Å². The molecular weight excluding hydrogens is 245 g/mol. The maximum Gasteiger partial charge on any atom is 0.319 e. The van der Waals surface area contributed by atoms with Crippen LogP contribution in [0.25, 0.3) is 0 Å². The van der Waals surface area contributed by atoms with E-state index in [1.54, 1.807) is 0 Å². The molecular formula is C14H20FN3O. The van der Waals surface area contributed by atoms with Gasteiger partial charge in [-0.3, -0.25) is 0 Å². The second-order valence-electron chi connectivity index (χ2n) is 4.99. The van der Waals surface area contributed by atoms with Crippen LogP contribution in [-0.2, 0) is 0 Å². The number of nitrogens with one attached hydrogen (secondary N) is 2. The Balaban J connectivity index is 1.87. The molecule has 5 heteroatoms. The highest BCUT2D eigenvalue weighted by Gasteiger charge is 2.25. The molecule has 0 aliphatic heterocycles. The van der Waals surface area contributed by atoms with Gasteiger partial charge in [-0.05, 0) is 43.0 Å². The Kier molecular flexibility index (Phi) is 4.74. The SMILES string of the molecule is NCC(NC(=O)Nc1ccc(F)cc1)C1CCCC1. The lowest BCUT2D eigenvalue weighted by Gasteiger charge is -2.23. The summed E-state index contributed by atoms with van der Waals surface area (Å²) in [6.07, 6.45) is 4.67. The Morgan fingerprint density at radius 2 is 1.95 bits per heavy atom. The van der Waals surface area contributed by atoms with E-state index in [-0.39, 0.29) is 17.9 Å². The molecule has 0 spiro atoms. The van der Waals surface area contributed by atoms with Crippen LogP contribution in [0.5, 0.6) is 0 Å². The monoisotopic (exact) mass is 265 g/mol. The molecule has 4 nitrogen and oxygen atoms in total. The molecule has 1 atom stereocenters. The topological polar surface area (TPSA) is 67.1 Å². The number of benzene rings is 1. The quantitative estimate of drug-likeness (QED) is 0.783. The molecule has 1 aromatic carbocycles. The Morgan fingerprint density at radius 1 is 1.32 bits per heavy atom. The first-order chi connectivity index (χ1) is 9.19. The molecule has 1 aromatic rings. The lowest BCUT2D eigenvalue weighted by molar-refractivity contribution is 0.243. The minimum atomic E-state index is -0.322. The second-order valence-corrected chi connectivity index (χ2v) is 4.99. The molecule has 1 aliphatic rings. The van der Waals surface area contributed by atoms with Crippen molar-refractivity contribution in [3.63, 3.8) is 0 Å². The summed E-state index contributed by atoms with van der Waals surface area (Å²) in [6, 6.07) is 5.42. The minimum absolute atomic E-state index is 0.0166. The number of hydrogen-bond donors (Lipinski definition) is 3. The molecule has 0 radical (unpaired) electrons. The number of carbonyl (C=O) groups is 1. The third-order valence-electron chi connectivity index (χ3n) is 3.64. The molecule has 0 saturated heterocycles. The highest BCUT2D eigenvalue weighted by molar-refractivity contribution is 5.89. The number of urea groups is 1. The Hall–Kier alpha value is -1.62. The van der Waals surface area contributed by atoms with Gasteiger partial charge in [-0.15, -0.1) is 0 Å². The fourth-order valence-electron chi connectivity index (χ4n) is 2.60. The zero-order chi connectivity index (χ0) is 13.7. The van der Waals surface area contributed by atoms with Gasteiger partial charge in [0.15, 0.2) is 0 Å². The predicted molar refractivity (Wildman–Crippen MR) is 73.4 cm³/mol. The number of rotatable bonds is 4. The Bertz CT molecular complexity index is 415. The number of anilines is 1. The van der Waals surface area contributed by atoms with Crippen molar-refractivity contribution < 1.29 is 9.18 Å². The summed E-state index contributed by atoms with van der Waals surface area (Å²) in [7, 11) is 0. The highest BCUT2D eigenvalue weighted by Crippen LogP contribution is 2.27. The molecule has 1 saturated carbocycles. The summed E-state index contributed by atoms with van der Waals surface area (Å²) < 4.78 is 12.7. The van der Waals surface area contributed by atoms with Gasteiger partial charge in [0, 0.05) is 18.3 Å². The van der Waals surface area contributed by atoms with Gasteiger partial charge >= 0.3 is 6.03 Å². The summed E-state index contributed by atoms with van der Waals surface area (Å²) in [5, 5.41) is 5.59. The zero-order valence-corrected chi connectivity index (χ0v) is 10.9. The van der Waals surface area contributed by atoms with Gasteiger partial charge < -0.3 is 16.4 Å². The van der Waals surface area contributed by atoms with Crippen molar-refractivity contribution in [2.75, 3.05) is 11.9 Å². The maximum atomic E-state index is 12.7. The van der Waals surface area contributed by atoms with E-state index >= 15 is 0 Å².